The lowest BCUT2D eigenvalue weighted by Gasteiger charge is -2.36. The molecule has 0 radical (unpaired) electrons. The second-order valence-electron chi connectivity index (χ2n) is 6.08. The van der Waals surface area contributed by atoms with Crippen molar-refractivity contribution < 1.29 is 18.0 Å². The zero-order valence-electron chi connectivity index (χ0n) is 13.1. The van der Waals surface area contributed by atoms with Gasteiger partial charge in [-0.05, 0) is 24.3 Å². The van der Waals surface area contributed by atoms with Crippen molar-refractivity contribution in [1.82, 2.24) is 5.32 Å². The van der Waals surface area contributed by atoms with Crippen LogP contribution in [0.1, 0.15) is 24.4 Å². The van der Waals surface area contributed by atoms with Crippen molar-refractivity contribution in [2.45, 2.75) is 30.8 Å². The summed E-state index contributed by atoms with van der Waals surface area (Å²) in [6, 6.07) is 10.9. The van der Waals surface area contributed by atoms with Crippen LogP contribution in [0, 0.1) is 5.82 Å². The predicted octanol–water partition coefficient (Wildman–Crippen LogP) is 4.55. The highest BCUT2D eigenvalue weighted by Gasteiger charge is 2.46. The van der Waals surface area contributed by atoms with Gasteiger partial charge in [-0.15, -0.1) is 0 Å². The first-order valence-electron chi connectivity index (χ1n) is 7.79. The Hall–Kier alpha value is -2.21. The molecule has 0 bridgehead atoms. The lowest BCUT2D eigenvalue weighted by Crippen LogP contribution is -2.52. The first kappa shape index (κ1) is 17.6. The second kappa shape index (κ2) is 6.96. The number of anilines is 1. The Kier molecular flexibility index (Phi) is 4.90. The van der Waals surface area contributed by atoms with Crippen LogP contribution >= 0.6 is 11.6 Å². The summed E-state index contributed by atoms with van der Waals surface area (Å²) in [5.74, 6) is -3.67. The smallest absolute Gasteiger partial charge is 0.252 e. The Balaban J connectivity index is 1.81. The minimum atomic E-state index is -2.73. The van der Waals surface area contributed by atoms with E-state index in [0.717, 1.165) is 0 Å². The van der Waals surface area contributed by atoms with Crippen LogP contribution in [0.25, 0.3) is 0 Å². The number of hydrogen-bond donors (Lipinski definition) is 2. The highest BCUT2D eigenvalue weighted by molar-refractivity contribution is 6.31. The molecule has 0 aromatic heterocycles. The average Bonchev–Trinajstić information content (AvgIpc) is 2.51. The zero-order chi connectivity index (χ0) is 18.0. The summed E-state index contributed by atoms with van der Waals surface area (Å²) in [5, 5.41) is 5.88. The van der Waals surface area contributed by atoms with Gasteiger partial charge in [-0.25, -0.2) is 13.2 Å². The van der Waals surface area contributed by atoms with Gasteiger partial charge in [-0.3, -0.25) is 4.79 Å². The van der Waals surface area contributed by atoms with E-state index in [1.807, 2.05) is 0 Å². The molecule has 2 aromatic rings. The molecule has 1 fully saturated rings. The van der Waals surface area contributed by atoms with E-state index in [9.17, 15) is 18.0 Å². The van der Waals surface area contributed by atoms with E-state index in [1.165, 1.54) is 18.2 Å². The van der Waals surface area contributed by atoms with Gasteiger partial charge in [0.25, 0.3) is 5.92 Å². The largest absolute Gasteiger partial charge is 0.370 e. The van der Waals surface area contributed by atoms with E-state index in [4.69, 9.17) is 11.6 Å². The molecule has 2 N–H and O–H groups in total. The summed E-state index contributed by atoms with van der Waals surface area (Å²) in [6.45, 7) is 0. The molecule has 1 unspecified atom stereocenters. The lowest BCUT2D eigenvalue weighted by molar-refractivity contribution is -0.130. The first-order valence-corrected chi connectivity index (χ1v) is 8.17. The second-order valence-corrected chi connectivity index (χ2v) is 6.49. The molecule has 0 heterocycles. The standard InChI is InChI=1S/C18H16ClF3N2O/c19-15-7-2-1-6-14(15)16(23-12-5-3-4-11(20)8-12)17(25)24-13-9-18(21,22)10-13/h1-8,13,16,23H,9-10H2,(H,24,25). The van der Waals surface area contributed by atoms with Crippen LogP contribution in [0.4, 0.5) is 18.9 Å². The fourth-order valence-corrected chi connectivity index (χ4v) is 3.03. The summed E-state index contributed by atoms with van der Waals surface area (Å²) < 4.78 is 39.4. The molecular formula is C18H16ClF3N2O. The van der Waals surface area contributed by atoms with Crippen LogP contribution in [0.5, 0.6) is 0 Å². The first-order chi connectivity index (χ1) is 11.8. The lowest BCUT2D eigenvalue weighted by atomic mass is 9.88. The third-order valence-electron chi connectivity index (χ3n) is 4.05. The Morgan fingerprint density at radius 3 is 2.52 bits per heavy atom. The maximum atomic E-state index is 13.4. The highest BCUT2D eigenvalue weighted by Crippen LogP contribution is 2.38. The SMILES string of the molecule is O=C(NC1CC(F)(F)C1)C(Nc1cccc(F)c1)c1ccccc1Cl. The zero-order valence-corrected chi connectivity index (χ0v) is 13.9. The van der Waals surface area contributed by atoms with Crippen molar-refractivity contribution >= 4 is 23.2 Å². The molecule has 0 aliphatic heterocycles. The molecule has 0 spiro atoms. The topological polar surface area (TPSA) is 41.1 Å². The number of nitrogens with one attached hydrogen (secondary N) is 2. The number of carbonyl (C=O) groups is 1. The number of halogens is 4. The van der Waals surface area contributed by atoms with E-state index >= 15 is 0 Å². The number of carbonyl (C=O) groups excluding carboxylic acids is 1. The Morgan fingerprint density at radius 1 is 1.16 bits per heavy atom. The molecule has 1 saturated carbocycles. The van der Waals surface area contributed by atoms with Gasteiger partial charge >= 0.3 is 0 Å². The van der Waals surface area contributed by atoms with E-state index in [1.54, 1.807) is 30.3 Å². The third kappa shape index (κ3) is 4.25. The van der Waals surface area contributed by atoms with E-state index in [2.05, 4.69) is 10.6 Å². The van der Waals surface area contributed by atoms with Crippen LogP contribution in [-0.2, 0) is 4.79 Å². The van der Waals surface area contributed by atoms with Gasteiger partial charge in [-0.1, -0.05) is 35.9 Å². The summed E-state index contributed by atoms with van der Waals surface area (Å²) >= 11 is 6.18. The Morgan fingerprint density at radius 2 is 1.88 bits per heavy atom. The molecule has 3 rings (SSSR count). The summed E-state index contributed by atoms with van der Waals surface area (Å²) in [6.07, 6.45) is -0.762. The number of benzene rings is 2. The number of alkyl halides is 2. The van der Waals surface area contributed by atoms with Crippen molar-refractivity contribution in [1.29, 1.82) is 0 Å². The van der Waals surface area contributed by atoms with Gasteiger partial charge in [-0.2, -0.15) is 0 Å². The van der Waals surface area contributed by atoms with E-state index in [0.29, 0.717) is 16.3 Å². The van der Waals surface area contributed by atoms with Crippen LogP contribution in [0.15, 0.2) is 48.5 Å². The van der Waals surface area contributed by atoms with Crippen molar-refractivity contribution in [3.05, 3.63) is 64.9 Å². The van der Waals surface area contributed by atoms with Gasteiger partial charge < -0.3 is 10.6 Å². The monoisotopic (exact) mass is 368 g/mol. The van der Waals surface area contributed by atoms with Crippen molar-refractivity contribution in [3.63, 3.8) is 0 Å². The average molecular weight is 369 g/mol. The quantitative estimate of drug-likeness (QED) is 0.813. The Labute approximate surface area is 148 Å². The van der Waals surface area contributed by atoms with Crippen LogP contribution in [-0.4, -0.2) is 17.9 Å². The van der Waals surface area contributed by atoms with Crippen LogP contribution in [0.2, 0.25) is 5.02 Å². The summed E-state index contributed by atoms with van der Waals surface area (Å²) in [5.41, 5.74) is 0.871. The number of hydrogen-bond acceptors (Lipinski definition) is 2. The maximum absolute atomic E-state index is 13.4. The number of amides is 1. The van der Waals surface area contributed by atoms with Gasteiger partial charge in [0, 0.05) is 35.2 Å². The van der Waals surface area contributed by atoms with E-state index in [-0.39, 0.29) is 12.8 Å². The molecule has 1 aliphatic carbocycles. The minimum Gasteiger partial charge on any atom is -0.370 e. The molecule has 0 saturated heterocycles. The molecule has 132 valence electrons. The highest BCUT2D eigenvalue weighted by atomic mass is 35.5. The van der Waals surface area contributed by atoms with Gasteiger partial charge in [0.2, 0.25) is 5.91 Å². The maximum Gasteiger partial charge on any atom is 0.252 e. The van der Waals surface area contributed by atoms with Crippen LogP contribution < -0.4 is 10.6 Å². The van der Waals surface area contributed by atoms with Crippen molar-refractivity contribution in [2.24, 2.45) is 0 Å². The normalized spacial score (nSPS) is 17.4. The molecular weight excluding hydrogens is 353 g/mol. The van der Waals surface area contributed by atoms with Gasteiger partial charge in [0.1, 0.15) is 11.9 Å². The number of rotatable bonds is 5. The van der Waals surface area contributed by atoms with Crippen LogP contribution in [0.3, 0.4) is 0 Å². The van der Waals surface area contributed by atoms with E-state index < -0.39 is 29.7 Å². The molecule has 2 aromatic carbocycles. The molecule has 1 aliphatic rings. The predicted molar refractivity (Wildman–Crippen MR) is 90.3 cm³/mol. The van der Waals surface area contributed by atoms with Gasteiger partial charge in [0.05, 0.1) is 0 Å². The molecule has 7 heteroatoms. The Bertz CT molecular complexity index is 776. The summed E-state index contributed by atoms with van der Waals surface area (Å²) in [4.78, 5) is 12.6. The van der Waals surface area contributed by atoms with Crippen molar-refractivity contribution in [3.8, 4) is 0 Å². The molecule has 1 atom stereocenters. The fourth-order valence-electron chi connectivity index (χ4n) is 2.79. The molecule has 25 heavy (non-hydrogen) atoms. The molecule has 1 amide bonds. The fraction of sp³-hybridized carbons (Fsp3) is 0.278. The minimum absolute atomic E-state index is 0.352. The van der Waals surface area contributed by atoms with Crippen molar-refractivity contribution in [2.75, 3.05) is 5.32 Å². The molecule has 3 nitrogen and oxygen atoms in total. The van der Waals surface area contributed by atoms with Gasteiger partial charge in [0.15, 0.2) is 0 Å². The summed E-state index contributed by atoms with van der Waals surface area (Å²) in [7, 11) is 0. The third-order valence-corrected chi connectivity index (χ3v) is 4.39.